The predicted molar refractivity (Wildman–Crippen MR) is 71.8 cm³/mol. The summed E-state index contributed by atoms with van der Waals surface area (Å²) < 4.78 is 39.8. The van der Waals surface area contributed by atoms with Crippen molar-refractivity contribution >= 4 is 21.6 Å². The highest BCUT2D eigenvalue weighted by Crippen LogP contribution is 2.19. The standard InChI is InChI=1S/C12H16FN3O3S/c1-7(12(17)15-9-3-4-9)16-20(18,19)11-5-2-8(14)6-10(11)13/h2,5-7,9,16H,3-4,14H2,1H3,(H,15,17). The third kappa shape index (κ3) is 3.45. The van der Waals surface area contributed by atoms with Gasteiger partial charge in [0.05, 0.1) is 6.04 Å². The number of nitrogens with one attached hydrogen (secondary N) is 2. The van der Waals surface area contributed by atoms with Crippen LogP contribution >= 0.6 is 0 Å². The summed E-state index contributed by atoms with van der Waals surface area (Å²) in [6.45, 7) is 1.41. The molecule has 1 amide bonds. The highest BCUT2D eigenvalue weighted by molar-refractivity contribution is 7.89. The Hall–Kier alpha value is -1.67. The molecule has 0 bridgehead atoms. The SMILES string of the molecule is CC(NS(=O)(=O)c1ccc(N)cc1F)C(=O)NC1CC1. The number of hydrogen-bond donors (Lipinski definition) is 3. The highest BCUT2D eigenvalue weighted by Gasteiger charge is 2.29. The molecule has 4 N–H and O–H groups in total. The van der Waals surface area contributed by atoms with E-state index in [9.17, 15) is 17.6 Å². The maximum atomic E-state index is 13.6. The number of nitrogen functional groups attached to an aromatic ring is 1. The van der Waals surface area contributed by atoms with E-state index in [0.29, 0.717) is 0 Å². The Morgan fingerprint density at radius 2 is 2.10 bits per heavy atom. The molecule has 6 nitrogen and oxygen atoms in total. The van der Waals surface area contributed by atoms with E-state index in [0.717, 1.165) is 25.0 Å². The van der Waals surface area contributed by atoms with E-state index < -0.39 is 32.7 Å². The van der Waals surface area contributed by atoms with Gasteiger partial charge >= 0.3 is 0 Å². The summed E-state index contributed by atoms with van der Waals surface area (Å²) in [7, 11) is -4.11. The first-order chi connectivity index (χ1) is 9.29. The molecule has 0 spiro atoms. The van der Waals surface area contributed by atoms with Gasteiger partial charge in [-0.15, -0.1) is 0 Å². The van der Waals surface area contributed by atoms with Crippen molar-refractivity contribution in [2.24, 2.45) is 0 Å². The lowest BCUT2D eigenvalue weighted by Crippen LogP contribution is -2.45. The predicted octanol–water partition coefficient (Wildman–Crippen LogP) is 0.353. The molecule has 1 aliphatic carbocycles. The second kappa shape index (κ2) is 5.37. The number of rotatable bonds is 5. The van der Waals surface area contributed by atoms with Gasteiger partial charge in [-0.3, -0.25) is 4.79 Å². The van der Waals surface area contributed by atoms with E-state index in [1.807, 2.05) is 0 Å². The summed E-state index contributed by atoms with van der Waals surface area (Å²) in [5.74, 6) is -1.38. The number of nitrogens with two attached hydrogens (primary N) is 1. The summed E-state index contributed by atoms with van der Waals surface area (Å²) in [5.41, 5.74) is 5.49. The van der Waals surface area contributed by atoms with Crippen molar-refractivity contribution in [2.75, 3.05) is 5.73 Å². The number of halogens is 1. The van der Waals surface area contributed by atoms with Crippen molar-refractivity contribution in [1.29, 1.82) is 0 Å². The lowest BCUT2D eigenvalue weighted by atomic mass is 10.3. The van der Waals surface area contributed by atoms with Crippen molar-refractivity contribution in [3.05, 3.63) is 24.0 Å². The largest absolute Gasteiger partial charge is 0.399 e. The van der Waals surface area contributed by atoms with Crippen molar-refractivity contribution in [2.45, 2.75) is 36.7 Å². The van der Waals surface area contributed by atoms with Crippen molar-refractivity contribution in [3.63, 3.8) is 0 Å². The molecule has 8 heteroatoms. The van der Waals surface area contributed by atoms with Gasteiger partial charge in [0.25, 0.3) is 0 Å². The van der Waals surface area contributed by atoms with Crippen LogP contribution in [0.25, 0.3) is 0 Å². The Morgan fingerprint density at radius 3 is 2.65 bits per heavy atom. The highest BCUT2D eigenvalue weighted by atomic mass is 32.2. The van der Waals surface area contributed by atoms with E-state index in [1.54, 1.807) is 0 Å². The van der Waals surface area contributed by atoms with Gasteiger partial charge in [0.1, 0.15) is 10.7 Å². The second-order valence-corrected chi connectivity index (χ2v) is 6.50. The number of carbonyl (C=O) groups excluding carboxylic acids is 1. The number of amides is 1. The maximum absolute atomic E-state index is 13.6. The summed E-state index contributed by atoms with van der Waals surface area (Å²) in [5, 5.41) is 2.67. The monoisotopic (exact) mass is 301 g/mol. The van der Waals surface area contributed by atoms with Crippen LogP contribution in [0, 0.1) is 5.82 Å². The molecule has 0 saturated heterocycles. The third-order valence-electron chi connectivity index (χ3n) is 2.89. The maximum Gasteiger partial charge on any atom is 0.244 e. The molecule has 0 heterocycles. The van der Waals surface area contributed by atoms with E-state index in [-0.39, 0.29) is 11.7 Å². The van der Waals surface area contributed by atoms with E-state index in [2.05, 4.69) is 10.0 Å². The number of anilines is 1. The van der Waals surface area contributed by atoms with Gasteiger partial charge < -0.3 is 11.1 Å². The summed E-state index contributed by atoms with van der Waals surface area (Å²) in [6, 6.07) is 2.43. The Morgan fingerprint density at radius 1 is 1.45 bits per heavy atom. The van der Waals surface area contributed by atoms with Gasteiger partial charge in [0, 0.05) is 11.7 Å². The van der Waals surface area contributed by atoms with Crippen LogP contribution in [0.4, 0.5) is 10.1 Å². The average molecular weight is 301 g/mol. The topological polar surface area (TPSA) is 101 Å². The molecule has 110 valence electrons. The smallest absolute Gasteiger partial charge is 0.244 e. The molecule has 1 atom stereocenters. The Kier molecular flexibility index (Phi) is 3.96. The molecule has 1 saturated carbocycles. The first-order valence-electron chi connectivity index (χ1n) is 6.17. The molecule has 1 unspecified atom stereocenters. The van der Waals surface area contributed by atoms with Gasteiger partial charge in [0.2, 0.25) is 15.9 Å². The van der Waals surface area contributed by atoms with Crippen LogP contribution in [0.2, 0.25) is 0 Å². The molecular formula is C12H16FN3O3S. The van der Waals surface area contributed by atoms with Gasteiger partial charge in [0.15, 0.2) is 0 Å². The van der Waals surface area contributed by atoms with Crippen LogP contribution in [0.3, 0.4) is 0 Å². The Bertz CT molecular complexity index is 629. The average Bonchev–Trinajstić information content (AvgIpc) is 3.11. The van der Waals surface area contributed by atoms with Crippen LogP contribution in [-0.4, -0.2) is 26.4 Å². The van der Waals surface area contributed by atoms with Crippen LogP contribution < -0.4 is 15.8 Å². The molecule has 20 heavy (non-hydrogen) atoms. The summed E-state index contributed by atoms with van der Waals surface area (Å²) in [4.78, 5) is 11.2. The minimum Gasteiger partial charge on any atom is -0.399 e. The lowest BCUT2D eigenvalue weighted by Gasteiger charge is -2.14. The molecule has 0 aliphatic heterocycles. The van der Waals surface area contributed by atoms with E-state index >= 15 is 0 Å². The van der Waals surface area contributed by atoms with Crippen molar-refractivity contribution in [3.8, 4) is 0 Å². The van der Waals surface area contributed by atoms with Gasteiger partial charge in [-0.2, -0.15) is 4.72 Å². The van der Waals surface area contributed by atoms with Gasteiger partial charge in [-0.05, 0) is 38.0 Å². The quantitative estimate of drug-likeness (QED) is 0.683. The number of carbonyl (C=O) groups is 1. The fraction of sp³-hybridized carbons (Fsp3) is 0.417. The molecule has 1 aliphatic rings. The molecule has 2 rings (SSSR count). The summed E-state index contributed by atoms with van der Waals surface area (Å²) in [6.07, 6.45) is 1.80. The van der Waals surface area contributed by atoms with Gasteiger partial charge in [-0.25, -0.2) is 12.8 Å². The minimum absolute atomic E-state index is 0.126. The van der Waals surface area contributed by atoms with Crippen molar-refractivity contribution in [1.82, 2.24) is 10.0 Å². The molecule has 1 aromatic rings. The first kappa shape index (κ1) is 14.7. The Labute approximate surface area is 116 Å². The van der Waals surface area contributed by atoms with E-state index in [4.69, 9.17) is 5.73 Å². The number of hydrogen-bond acceptors (Lipinski definition) is 4. The zero-order valence-corrected chi connectivity index (χ0v) is 11.7. The van der Waals surface area contributed by atoms with Crippen LogP contribution in [-0.2, 0) is 14.8 Å². The zero-order valence-electron chi connectivity index (χ0n) is 10.9. The normalized spacial score (nSPS) is 16.7. The minimum atomic E-state index is -4.11. The summed E-state index contributed by atoms with van der Waals surface area (Å²) >= 11 is 0. The molecular weight excluding hydrogens is 285 g/mol. The molecule has 0 radical (unpaired) electrons. The van der Waals surface area contributed by atoms with Crippen molar-refractivity contribution < 1.29 is 17.6 Å². The molecule has 0 aromatic heterocycles. The first-order valence-corrected chi connectivity index (χ1v) is 7.65. The third-order valence-corrected chi connectivity index (χ3v) is 4.47. The van der Waals surface area contributed by atoms with E-state index in [1.165, 1.54) is 13.0 Å². The Balaban J connectivity index is 2.11. The van der Waals surface area contributed by atoms with Crippen LogP contribution in [0.15, 0.2) is 23.1 Å². The molecule has 1 fully saturated rings. The number of benzene rings is 1. The number of sulfonamides is 1. The van der Waals surface area contributed by atoms with Crippen LogP contribution in [0.1, 0.15) is 19.8 Å². The van der Waals surface area contributed by atoms with Crippen LogP contribution in [0.5, 0.6) is 0 Å². The lowest BCUT2D eigenvalue weighted by molar-refractivity contribution is -0.122. The zero-order chi connectivity index (χ0) is 14.9. The fourth-order valence-electron chi connectivity index (χ4n) is 1.64. The second-order valence-electron chi connectivity index (χ2n) is 4.82. The van der Waals surface area contributed by atoms with Gasteiger partial charge in [-0.1, -0.05) is 0 Å². The fourth-order valence-corrected chi connectivity index (χ4v) is 2.90. The molecule has 1 aromatic carbocycles.